The predicted octanol–water partition coefficient (Wildman–Crippen LogP) is 4.79. The fourth-order valence-corrected chi connectivity index (χ4v) is 4.45. The number of rotatable bonds is 4. The summed E-state index contributed by atoms with van der Waals surface area (Å²) in [4.78, 5) is 0.0304. The second-order valence-corrected chi connectivity index (χ2v) is 9.12. The summed E-state index contributed by atoms with van der Waals surface area (Å²) >= 11 is 17.8. The van der Waals surface area contributed by atoms with Gasteiger partial charge in [-0.05, 0) is 30.0 Å². The Morgan fingerprint density at radius 2 is 1.71 bits per heavy atom. The van der Waals surface area contributed by atoms with Gasteiger partial charge in [-0.15, -0.1) is 11.6 Å². The SMILES string of the molecule is CC(N(C)S(=O)(=O)c1cc(CCl)c(Cl)cc1Cl)C(C)(C)C. The molecule has 1 atom stereocenters. The summed E-state index contributed by atoms with van der Waals surface area (Å²) in [5.41, 5.74) is 0.342. The molecule has 0 saturated heterocycles. The molecule has 0 fully saturated rings. The van der Waals surface area contributed by atoms with Crippen molar-refractivity contribution in [2.75, 3.05) is 7.05 Å². The van der Waals surface area contributed by atoms with Crippen LogP contribution in [0, 0.1) is 5.41 Å². The lowest BCUT2D eigenvalue weighted by Crippen LogP contribution is -2.43. The molecule has 1 rings (SSSR count). The summed E-state index contributed by atoms with van der Waals surface area (Å²) in [6.07, 6.45) is 0. The number of sulfonamides is 1. The van der Waals surface area contributed by atoms with Crippen molar-refractivity contribution in [3.05, 3.63) is 27.7 Å². The van der Waals surface area contributed by atoms with Gasteiger partial charge in [0.1, 0.15) is 4.90 Å². The lowest BCUT2D eigenvalue weighted by molar-refractivity contribution is 0.216. The molecule has 0 aliphatic heterocycles. The van der Waals surface area contributed by atoms with E-state index in [2.05, 4.69) is 0 Å². The minimum Gasteiger partial charge on any atom is -0.207 e. The minimum absolute atomic E-state index is 0.0304. The molecule has 0 aromatic heterocycles. The second kappa shape index (κ2) is 6.63. The van der Waals surface area contributed by atoms with Crippen LogP contribution in [0.4, 0.5) is 0 Å². The standard InChI is InChI=1S/C14H20Cl3NO2S/c1-9(14(2,3)4)18(5)21(19,20)13-6-10(8-15)11(16)7-12(13)17/h6-7,9H,8H2,1-5H3. The summed E-state index contributed by atoms with van der Waals surface area (Å²) in [7, 11) is -2.17. The van der Waals surface area contributed by atoms with Crippen molar-refractivity contribution in [1.82, 2.24) is 4.31 Å². The van der Waals surface area contributed by atoms with Gasteiger partial charge in [0.25, 0.3) is 0 Å². The van der Waals surface area contributed by atoms with Crippen LogP contribution >= 0.6 is 34.8 Å². The molecule has 0 bridgehead atoms. The quantitative estimate of drug-likeness (QED) is 0.713. The molecule has 0 aliphatic rings. The fraction of sp³-hybridized carbons (Fsp3) is 0.571. The zero-order valence-electron chi connectivity index (χ0n) is 12.7. The molecule has 1 unspecified atom stereocenters. The lowest BCUT2D eigenvalue weighted by Gasteiger charge is -2.34. The molecule has 0 saturated carbocycles. The second-order valence-electron chi connectivity index (χ2n) is 6.07. The zero-order chi connectivity index (χ0) is 16.6. The van der Waals surface area contributed by atoms with Gasteiger partial charge in [-0.25, -0.2) is 8.42 Å². The van der Waals surface area contributed by atoms with E-state index in [4.69, 9.17) is 34.8 Å². The Morgan fingerprint density at radius 1 is 1.19 bits per heavy atom. The largest absolute Gasteiger partial charge is 0.244 e. The normalized spacial score (nSPS) is 14.5. The number of alkyl halides is 1. The first kappa shape index (κ1) is 19.0. The molecule has 7 heteroatoms. The van der Waals surface area contributed by atoms with Gasteiger partial charge in [0.15, 0.2) is 0 Å². The highest BCUT2D eigenvalue weighted by Crippen LogP contribution is 2.33. The van der Waals surface area contributed by atoms with Crippen LogP contribution in [-0.2, 0) is 15.9 Å². The van der Waals surface area contributed by atoms with Gasteiger partial charge in [-0.3, -0.25) is 0 Å². The van der Waals surface area contributed by atoms with E-state index in [1.165, 1.54) is 16.4 Å². The summed E-state index contributed by atoms with van der Waals surface area (Å²) in [5.74, 6) is 0.122. The first-order valence-electron chi connectivity index (χ1n) is 6.44. The average molecular weight is 373 g/mol. The van der Waals surface area contributed by atoms with E-state index in [1.807, 2.05) is 27.7 Å². The van der Waals surface area contributed by atoms with E-state index in [0.717, 1.165) is 0 Å². The number of halogens is 3. The number of nitrogens with zero attached hydrogens (tertiary/aromatic N) is 1. The molecular formula is C14H20Cl3NO2S. The Morgan fingerprint density at radius 3 is 2.14 bits per heavy atom. The smallest absolute Gasteiger partial charge is 0.207 e. The molecule has 3 nitrogen and oxygen atoms in total. The van der Waals surface area contributed by atoms with Gasteiger partial charge >= 0.3 is 0 Å². The third-order valence-electron chi connectivity index (χ3n) is 3.70. The molecule has 0 radical (unpaired) electrons. The van der Waals surface area contributed by atoms with E-state index in [-0.39, 0.29) is 27.3 Å². The summed E-state index contributed by atoms with van der Waals surface area (Å²) < 4.78 is 26.9. The Bertz CT molecular complexity index is 624. The van der Waals surface area contributed by atoms with Crippen molar-refractivity contribution in [2.45, 2.75) is 44.5 Å². The van der Waals surface area contributed by atoms with Crippen LogP contribution in [0.5, 0.6) is 0 Å². The van der Waals surface area contributed by atoms with Gasteiger partial charge in [-0.2, -0.15) is 4.31 Å². The molecule has 0 heterocycles. The van der Waals surface area contributed by atoms with Gasteiger partial charge in [0.2, 0.25) is 10.0 Å². The maximum atomic E-state index is 12.8. The first-order valence-corrected chi connectivity index (χ1v) is 9.18. The maximum absolute atomic E-state index is 12.8. The topological polar surface area (TPSA) is 37.4 Å². The van der Waals surface area contributed by atoms with E-state index < -0.39 is 10.0 Å². The minimum atomic E-state index is -3.72. The Hall–Kier alpha value is -0.000000000000000111. The van der Waals surface area contributed by atoms with Crippen LogP contribution in [0.2, 0.25) is 10.0 Å². The fourth-order valence-electron chi connectivity index (χ4n) is 1.78. The molecule has 21 heavy (non-hydrogen) atoms. The van der Waals surface area contributed by atoms with Crippen LogP contribution in [0.3, 0.4) is 0 Å². The molecule has 120 valence electrons. The molecule has 0 spiro atoms. The number of hydrogen-bond donors (Lipinski definition) is 0. The van der Waals surface area contributed by atoms with Gasteiger partial charge in [-0.1, -0.05) is 44.0 Å². The highest BCUT2D eigenvalue weighted by atomic mass is 35.5. The van der Waals surface area contributed by atoms with E-state index >= 15 is 0 Å². The zero-order valence-corrected chi connectivity index (χ0v) is 15.8. The Balaban J connectivity index is 3.38. The lowest BCUT2D eigenvalue weighted by atomic mass is 9.88. The Labute approximate surface area is 142 Å². The molecular weight excluding hydrogens is 353 g/mol. The van der Waals surface area contributed by atoms with Crippen molar-refractivity contribution in [3.8, 4) is 0 Å². The van der Waals surface area contributed by atoms with Crippen molar-refractivity contribution < 1.29 is 8.42 Å². The molecule has 1 aromatic carbocycles. The Kier molecular flexibility index (Phi) is 6.01. The van der Waals surface area contributed by atoms with Crippen molar-refractivity contribution in [2.24, 2.45) is 5.41 Å². The monoisotopic (exact) mass is 371 g/mol. The predicted molar refractivity (Wildman–Crippen MR) is 89.9 cm³/mol. The van der Waals surface area contributed by atoms with E-state index in [0.29, 0.717) is 10.6 Å². The third kappa shape index (κ3) is 4.05. The van der Waals surface area contributed by atoms with Crippen LogP contribution in [-0.4, -0.2) is 25.8 Å². The van der Waals surface area contributed by atoms with Crippen molar-refractivity contribution >= 4 is 44.8 Å². The summed E-state index contributed by atoms with van der Waals surface area (Å²) in [5, 5.41) is 0.460. The van der Waals surface area contributed by atoms with E-state index in [9.17, 15) is 8.42 Å². The maximum Gasteiger partial charge on any atom is 0.244 e. The molecule has 0 aliphatic carbocycles. The van der Waals surface area contributed by atoms with Gasteiger partial charge in [0, 0.05) is 24.0 Å². The summed E-state index contributed by atoms with van der Waals surface area (Å²) in [6.45, 7) is 7.82. The number of benzene rings is 1. The van der Waals surface area contributed by atoms with Gasteiger partial charge in [0.05, 0.1) is 5.02 Å². The van der Waals surface area contributed by atoms with Crippen LogP contribution in [0.25, 0.3) is 0 Å². The van der Waals surface area contributed by atoms with Crippen LogP contribution < -0.4 is 0 Å². The first-order chi connectivity index (χ1) is 9.42. The van der Waals surface area contributed by atoms with Crippen LogP contribution in [0.15, 0.2) is 17.0 Å². The molecule has 0 amide bonds. The average Bonchev–Trinajstić information content (AvgIpc) is 2.35. The van der Waals surface area contributed by atoms with Crippen molar-refractivity contribution in [3.63, 3.8) is 0 Å². The number of hydrogen-bond acceptors (Lipinski definition) is 2. The highest BCUT2D eigenvalue weighted by Gasteiger charge is 2.33. The molecule has 1 aromatic rings. The van der Waals surface area contributed by atoms with Crippen LogP contribution in [0.1, 0.15) is 33.3 Å². The summed E-state index contributed by atoms with van der Waals surface area (Å²) in [6, 6.07) is 2.66. The van der Waals surface area contributed by atoms with Crippen molar-refractivity contribution in [1.29, 1.82) is 0 Å². The molecule has 0 N–H and O–H groups in total. The third-order valence-corrected chi connectivity index (χ3v) is 6.73. The highest BCUT2D eigenvalue weighted by molar-refractivity contribution is 7.89. The van der Waals surface area contributed by atoms with Gasteiger partial charge < -0.3 is 0 Å². The van der Waals surface area contributed by atoms with E-state index in [1.54, 1.807) is 7.05 Å².